The largest absolute Gasteiger partial charge is 0.417 e. The van der Waals surface area contributed by atoms with Crippen molar-refractivity contribution in [3.8, 4) is 0 Å². The zero-order valence-corrected chi connectivity index (χ0v) is 19.5. The van der Waals surface area contributed by atoms with Crippen LogP contribution in [0, 0.1) is 11.8 Å². The van der Waals surface area contributed by atoms with E-state index in [4.69, 9.17) is 10.2 Å². The molecular formula is C21H35N5O7. The molecule has 1 fully saturated rings. The molecule has 6 N–H and O–H groups in total. The SMILES string of the molecule is CC(C)[C@H](N)C(=O)N1CCC[C@H]1C(=O)N[C@H](C(=O)c1nnc(C(CO)(CO)CO)o1)C(C)C. The van der Waals surface area contributed by atoms with Gasteiger partial charge in [0.1, 0.15) is 11.5 Å². The van der Waals surface area contributed by atoms with Gasteiger partial charge < -0.3 is 35.7 Å². The van der Waals surface area contributed by atoms with Gasteiger partial charge in [0.25, 0.3) is 5.89 Å². The number of hydrogen-bond acceptors (Lipinski definition) is 10. The highest BCUT2D eigenvalue weighted by atomic mass is 16.4. The number of Topliss-reactive ketones (excluding diaryl/α,β-unsaturated/α-hetero) is 1. The van der Waals surface area contributed by atoms with Crippen molar-refractivity contribution in [3.63, 3.8) is 0 Å². The summed E-state index contributed by atoms with van der Waals surface area (Å²) in [5, 5.41) is 38.7. The lowest BCUT2D eigenvalue weighted by Crippen LogP contribution is -2.55. The fourth-order valence-electron chi connectivity index (χ4n) is 3.59. The van der Waals surface area contributed by atoms with Crippen molar-refractivity contribution in [2.45, 2.75) is 64.1 Å². The molecule has 0 bridgehead atoms. The normalized spacial score (nSPS) is 18.6. The number of hydrogen-bond donors (Lipinski definition) is 5. The van der Waals surface area contributed by atoms with Crippen LogP contribution in [0.2, 0.25) is 0 Å². The summed E-state index contributed by atoms with van der Waals surface area (Å²) in [5.41, 5.74) is 4.39. The molecule has 1 aromatic rings. The number of rotatable bonds is 11. The highest BCUT2D eigenvalue weighted by molar-refractivity contribution is 6.00. The monoisotopic (exact) mass is 469 g/mol. The van der Waals surface area contributed by atoms with Gasteiger partial charge in [0.15, 0.2) is 0 Å². The number of carbonyl (C=O) groups excluding carboxylic acids is 3. The Balaban J connectivity index is 2.20. The maximum atomic E-state index is 13.1. The van der Waals surface area contributed by atoms with E-state index in [0.29, 0.717) is 19.4 Å². The summed E-state index contributed by atoms with van der Waals surface area (Å²) in [6, 6.07) is -2.48. The molecule has 0 saturated carbocycles. The first kappa shape index (κ1) is 26.8. The fraction of sp³-hybridized carbons (Fsp3) is 0.762. The van der Waals surface area contributed by atoms with Crippen molar-refractivity contribution in [2.24, 2.45) is 17.6 Å². The number of carbonyl (C=O) groups is 3. The minimum Gasteiger partial charge on any atom is -0.417 e. The van der Waals surface area contributed by atoms with E-state index in [1.165, 1.54) is 4.90 Å². The van der Waals surface area contributed by atoms with Gasteiger partial charge in [0, 0.05) is 6.54 Å². The Morgan fingerprint density at radius 2 is 1.73 bits per heavy atom. The van der Waals surface area contributed by atoms with E-state index in [1.807, 2.05) is 13.8 Å². The van der Waals surface area contributed by atoms with Crippen LogP contribution in [0.1, 0.15) is 57.1 Å². The second-order valence-corrected chi connectivity index (χ2v) is 9.22. The van der Waals surface area contributed by atoms with Gasteiger partial charge >= 0.3 is 0 Å². The number of likely N-dealkylation sites (tertiary alicyclic amines) is 1. The Hall–Kier alpha value is -2.41. The molecule has 1 aliphatic heterocycles. The van der Waals surface area contributed by atoms with Gasteiger partial charge in [-0.15, -0.1) is 10.2 Å². The van der Waals surface area contributed by atoms with Gasteiger partial charge in [-0.2, -0.15) is 0 Å². The van der Waals surface area contributed by atoms with Crippen molar-refractivity contribution in [1.29, 1.82) is 0 Å². The molecule has 3 atom stereocenters. The summed E-state index contributed by atoms with van der Waals surface area (Å²) in [4.78, 5) is 40.3. The topological polar surface area (TPSA) is 192 Å². The van der Waals surface area contributed by atoms with Crippen molar-refractivity contribution in [3.05, 3.63) is 11.8 Å². The maximum absolute atomic E-state index is 13.1. The van der Waals surface area contributed by atoms with Gasteiger partial charge in [-0.25, -0.2) is 0 Å². The van der Waals surface area contributed by atoms with E-state index in [9.17, 15) is 29.7 Å². The molecule has 2 rings (SSSR count). The zero-order chi connectivity index (χ0) is 24.9. The summed E-state index contributed by atoms with van der Waals surface area (Å²) in [5.74, 6) is -2.58. The number of nitrogens with two attached hydrogens (primary N) is 1. The molecule has 12 nitrogen and oxygen atoms in total. The van der Waals surface area contributed by atoms with Crippen LogP contribution in [0.25, 0.3) is 0 Å². The van der Waals surface area contributed by atoms with E-state index < -0.39 is 60.9 Å². The molecule has 1 aliphatic rings. The first-order chi connectivity index (χ1) is 15.5. The smallest absolute Gasteiger partial charge is 0.286 e. The quantitative estimate of drug-likeness (QED) is 0.240. The molecule has 1 saturated heterocycles. The van der Waals surface area contributed by atoms with Gasteiger partial charge in [0.05, 0.1) is 31.9 Å². The van der Waals surface area contributed by atoms with Crippen LogP contribution in [0.15, 0.2) is 4.42 Å². The fourth-order valence-corrected chi connectivity index (χ4v) is 3.59. The molecule has 186 valence electrons. The Morgan fingerprint density at radius 1 is 1.12 bits per heavy atom. The predicted molar refractivity (Wildman–Crippen MR) is 116 cm³/mol. The van der Waals surface area contributed by atoms with E-state index in [2.05, 4.69) is 15.5 Å². The third-order valence-electron chi connectivity index (χ3n) is 6.09. The summed E-state index contributed by atoms with van der Waals surface area (Å²) in [6.45, 7) is 5.50. The third-order valence-corrected chi connectivity index (χ3v) is 6.09. The standard InChI is InChI=1S/C21H35N5O7/c1-11(2)14(22)19(32)26-7-5-6-13(26)17(31)23-15(12(3)4)16(30)18-24-25-20(33-18)21(8-27,9-28)10-29/h11-15,27-29H,5-10,22H2,1-4H3,(H,23,31)/t13-,14-,15-/m0/s1. The molecular weight excluding hydrogens is 434 g/mol. The Labute approximate surface area is 192 Å². The van der Waals surface area contributed by atoms with Crippen LogP contribution in [0.5, 0.6) is 0 Å². The Kier molecular flexibility index (Phi) is 9.06. The highest BCUT2D eigenvalue weighted by Crippen LogP contribution is 2.24. The van der Waals surface area contributed by atoms with Crippen molar-refractivity contribution >= 4 is 17.6 Å². The van der Waals surface area contributed by atoms with Crippen molar-refractivity contribution in [1.82, 2.24) is 20.4 Å². The summed E-state index contributed by atoms with van der Waals surface area (Å²) in [6.07, 6.45) is 1.10. The second kappa shape index (κ2) is 11.1. The van der Waals surface area contributed by atoms with Crippen LogP contribution in [0.4, 0.5) is 0 Å². The van der Waals surface area contributed by atoms with Gasteiger partial charge in [-0.3, -0.25) is 14.4 Å². The number of nitrogens with zero attached hydrogens (tertiary/aromatic N) is 3. The van der Waals surface area contributed by atoms with Crippen LogP contribution in [0.3, 0.4) is 0 Å². The molecule has 33 heavy (non-hydrogen) atoms. The van der Waals surface area contributed by atoms with Crippen LogP contribution in [-0.4, -0.2) is 92.5 Å². The summed E-state index contributed by atoms with van der Waals surface area (Å²) < 4.78 is 5.35. The molecule has 2 heterocycles. The van der Waals surface area contributed by atoms with Gasteiger partial charge in [-0.05, 0) is 24.7 Å². The summed E-state index contributed by atoms with van der Waals surface area (Å²) in [7, 11) is 0. The number of ketones is 1. The number of aromatic nitrogens is 2. The zero-order valence-electron chi connectivity index (χ0n) is 19.5. The van der Waals surface area contributed by atoms with Crippen molar-refractivity contribution < 1.29 is 34.1 Å². The average molecular weight is 470 g/mol. The summed E-state index contributed by atoms with van der Waals surface area (Å²) >= 11 is 0. The third kappa shape index (κ3) is 5.57. The lowest BCUT2D eigenvalue weighted by Gasteiger charge is -2.29. The molecule has 2 amide bonds. The van der Waals surface area contributed by atoms with E-state index in [-0.39, 0.29) is 23.6 Å². The Morgan fingerprint density at radius 3 is 2.24 bits per heavy atom. The lowest BCUT2D eigenvalue weighted by molar-refractivity contribution is -0.140. The molecule has 12 heteroatoms. The minimum absolute atomic E-state index is 0.0811. The molecule has 0 aromatic carbocycles. The molecule has 0 unspecified atom stereocenters. The minimum atomic E-state index is -1.60. The molecule has 0 aliphatic carbocycles. The maximum Gasteiger partial charge on any atom is 0.286 e. The molecule has 0 radical (unpaired) electrons. The number of nitrogens with one attached hydrogen (secondary N) is 1. The van der Waals surface area contributed by atoms with Crippen LogP contribution < -0.4 is 11.1 Å². The first-order valence-corrected chi connectivity index (χ1v) is 11.1. The molecule has 1 aromatic heterocycles. The predicted octanol–water partition coefficient (Wildman–Crippen LogP) is -1.42. The van der Waals surface area contributed by atoms with Crippen LogP contribution in [-0.2, 0) is 15.0 Å². The average Bonchev–Trinajstić information content (AvgIpc) is 3.48. The highest BCUT2D eigenvalue weighted by Gasteiger charge is 2.41. The number of aliphatic hydroxyl groups excluding tert-OH is 3. The lowest BCUT2D eigenvalue weighted by atomic mass is 9.91. The number of aliphatic hydroxyl groups is 3. The van der Waals surface area contributed by atoms with Gasteiger partial charge in [0.2, 0.25) is 23.5 Å². The van der Waals surface area contributed by atoms with E-state index in [0.717, 1.165) is 0 Å². The first-order valence-electron chi connectivity index (χ1n) is 11.1. The number of amides is 2. The molecule has 0 spiro atoms. The van der Waals surface area contributed by atoms with E-state index in [1.54, 1.807) is 13.8 Å². The van der Waals surface area contributed by atoms with Gasteiger partial charge in [-0.1, -0.05) is 27.7 Å². The van der Waals surface area contributed by atoms with Crippen LogP contribution >= 0.6 is 0 Å². The second-order valence-electron chi connectivity index (χ2n) is 9.22. The van der Waals surface area contributed by atoms with Crippen molar-refractivity contribution in [2.75, 3.05) is 26.4 Å². The Bertz CT molecular complexity index is 828. The van der Waals surface area contributed by atoms with E-state index >= 15 is 0 Å².